The zero-order chi connectivity index (χ0) is 20.6. The maximum Gasteiger partial charge on any atom is 0.228 e. The first-order valence-corrected chi connectivity index (χ1v) is 9.91. The van der Waals surface area contributed by atoms with Crippen LogP contribution >= 0.6 is 0 Å². The number of hydrogen-bond acceptors (Lipinski definition) is 6. The van der Waals surface area contributed by atoms with E-state index in [1.807, 2.05) is 36.4 Å². The van der Waals surface area contributed by atoms with E-state index in [0.717, 1.165) is 50.9 Å². The largest absolute Gasteiger partial charge is 0.436 e. The van der Waals surface area contributed by atoms with Crippen molar-refractivity contribution in [3.8, 4) is 22.9 Å². The Labute approximate surface area is 177 Å². The lowest BCUT2D eigenvalue weighted by atomic mass is 10.0. The number of aromatic nitrogens is 4. The summed E-state index contributed by atoms with van der Waals surface area (Å²) in [6.45, 7) is 0. The van der Waals surface area contributed by atoms with Crippen LogP contribution in [-0.2, 0) is 6.42 Å². The fourth-order valence-corrected chi connectivity index (χ4v) is 3.63. The molecule has 6 rings (SSSR count). The molecule has 148 valence electrons. The zero-order valence-electron chi connectivity index (χ0n) is 16.4. The second kappa shape index (κ2) is 7.18. The highest BCUT2D eigenvalue weighted by Crippen LogP contribution is 2.27. The summed E-state index contributed by atoms with van der Waals surface area (Å²) in [6.07, 6.45) is 7.71. The van der Waals surface area contributed by atoms with E-state index >= 15 is 0 Å². The SMILES string of the molecule is c1cncc(-c2nc3cc(Cc4ccc5oc(-c6ccncc6)nc5c4)ccc3o2)c1. The number of benzene rings is 2. The normalized spacial score (nSPS) is 11.4. The van der Waals surface area contributed by atoms with Gasteiger partial charge in [-0.05, 0) is 66.1 Å². The van der Waals surface area contributed by atoms with E-state index < -0.39 is 0 Å². The molecule has 0 saturated carbocycles. The van der Waals surface area contributed by atoms with Gasteiger partial charge in [0.1, 0.15) is 11.0 Å². The Bertz CT molecular complexity index is 1390. The third-order valence-corrected chi connectivity index (χ3v) is 5.15. The maximum atomic E-state index is 5.90. The van der Waals surface area contributed by atoms with Gasteiger partial charge < -0.3 is 8.83 Å². The van der Waals surface area contributed by atoms with Crippen molar-refractivity contribution in [1.82, 2.24) is 19.9 Å². The number of hydrogen-bond donors (Lipinski definition) is 0. The third kappa shape index (κ3) is 3.34. The van der Waals surface area contributed by atoms with Crippen LogP contribution in [0, 0.1) is 0 Å². The van der Waals surface area contributed by atoms with E-state index in [9.17, 15) is 0 Å². The van der Waals surface area contributed by atoms with Gasteiger partial charge in [-0.1, -0.05) is 12.1 Å². The van der Waals surface area contributed by atoms with E-state index in [4.69, 9.17) is 8.83 Å². The molecular weight excluding hydrogens is 388 g/mol. The van der Waals surface area contributed by atoms with Crippen molar-refractivity contribution in [2.75, 3.05) is 0 Å². The minimum atomic E-state index is 0.577. The lowest BCUT2D eigenvalue weighted by Crippen LogP contribution is -1.88. The van der Waals surface area contributed by atoms with Crippen molar-refractivity contribution in [3.63, 3.8) is 0 Å². The molecule has 0 spiro atoms. The van der Waals surface area contributed by atoms with Crippen LogP contribution in [0.15, 0.2) is 94.3 Å². The van der Waals surface area contributed by atoms with Crippen molar-refractivity contribution in [2.45, 2.75) is 6.42 Å². The lowest BCUT2D eigenvalue weighted by Gasteiger charge is -2.01. The van der Waals surface area contributed by atoms with Crippen LogP contribution < -0.4 is 0 Å². The fraction of sp³-hybridized carbons (Fsp3) is 0.0400. The van der Waals surface area contributed by atoms with Crippen molar-refractivity contribution in [1.29, 1.82) is 0 Å². The number of pyridine rings is 2. The quantitative estimate of drug-likeness (QED) is 0.376. The first-order valence-electron chi connectivity index (χ1n) is 9.91. The van der Waals surface area contributed by atoms with Gasteiger partial charge in [0, 0.05) is 30.4 Å². The summed E-state index contributed by atoms with van der Waals surface area (Å²) in [4.78, 5) is 17.5. The van der Waals surface area contributed by atoms with Crippen molar-refractivity contribution in [3.05, 3.63) is 96.6 Å². The van der Waals surface area contributed by atoms with Crippen LogP contribution in [0.1, 0.15) is 11.1 Å². The Morgan fingerprint density at radius 1 is 0.613 bits per heavy atom. The number of nitrogens with zero attached hydrogens (tertiary/aromatic N) is 4. The van der Waals surface area contributed by atoms with Crippen LogP contribution in [0.25, 0.3) is 45.1 Å². The molecule has 0 aliphatic carbocycles. The number of rotatable bonds is 4. The van der Waals surface area contributed by atoms with E-state index in [0.29, 0.717) is 11.8 Å². The van der Waals surface area contributed by atoms with Gasteiger partial charge in [0.15, 0.2) is 11.2 Å². The topological polar surface area (TPSA) is 77.8 Å². The molecule has 0 atom stereocenters. The van der Waals surface area contributed by atoms with Gasteiger partial charge in [-0.15, -0.1) is 0 Å². The molecule has 6 heteroatoms. The third-order valence-electron chi connectivity index (χ3n) is 5.15. The van der Waals surface area contributed by atoms with E-state index in [1.54, 1.807) is 24.8 Å². The summed E-state index contributed by atoms with van der Waals surface area (Å²) in [6, 6.07) is 19.8. The van der Waals surface area contributed by atoms with Gasteiger partial charge in [0.05, 0.1) is 5.56 Å². The van der Waals surface area contributed by atoms with E-state index in [2.05, 4.69) is 44.2 Å². The predicted octanol–water partition coefficient (Wildman–Crippen LogP) is 5.68. The second-order valence-corrected chi connectivity index (χ2v) is 7.30. The van der Waals surface area contributed by atoms with Crippen LogP contribution in [-0.4, -0.2) is 19.9 Å². The van der Waals surface area contributed by atoms with Gasteiger partial charge in [-0.3, -0.25) is 9.97 Å². The standard InChI is InChI=1S/C25H16N4O2/c1-2-19(15-27-9-1)25-29-21-14-17(4-6-23(21)31-25)12-16-3-5-22-20(13-16)28-24(30-22)18-7-10-26-11-8-18/h1-11,13-15H,12H2. The predicted molar refractivity (Wildman–Crippen MR) is 117 cm³/mol. The summed E-state index contributed by atoms with van der Waals surface area (Å²) in [7, 11) is 0. The van der Waals surface area contributed by atoms with Crippen LogP contribution in [0.5, 0.6) is 0 Å². The molecule has 6 nitrogen and oxygen atoms in total. The smallest absolute Gasteiger partial charge is 0.228 e. The Kier molecular flexibility index (Phi) is 4.06. The summed E-state index contributed by atoms with van der Waals surface area (Å²) in [5.74, 6) is 1.18. The number of fused-ring (bicyclic) bond motifs is 2. The Hall–Kier alpha value is -4.32. The Morgan fingerprint density at radius 2 is 1.26 bits per heavy atom. The highest BCUT2D eigenvalue weighted by atomic mass is 16.4. The van der Waals surface area contributed by atoms with Crippen molar-refractivity contribution in [2.24, 2.45) is 0 Å². The van der Waals surface area contributed by atoms with Crippen LogP contribution in [0.3, 0.4) is 0 Å². The van der Waals surface area contributed by atoms with Gasteiger partial charge in [-0.2, -0.15) is 0 Å². The first-order chi connectivity index (χ1) is 15.3. The summed E-state index contributed by atoms with van der Waals surface area (Å²) in [5.41, 5.74) is 7.27. The molecule has 0 N–H and O–H groups in total. The highest BCUT2D eigenvalue weighted by molar-refractivity contribution is 5.78. The fourth-order valence-electron chi connectivity index (χ4n) is 3.63. The summed E-state index contributed by atoms with van der Waals surface area (Å²) < 4.78 is 11.8. The monoisotopic (exact) mass is 404 g/mol. The van der Waals surface area contributed by atoms with Gasteiger partial charge in [0.2, 0.25) is 11.8 Å². The van der Waals surface area contributed by atoms with E-state index in [1.165, 1.54) is 0 Å². The molecule has 0 amide bonds. The zero-order valence-corrected chi connectivity index (χ0v) is 16.4. The van der Waals surface area contributed by atoms with Crippen LogP contribution in [0.4, 0.5) is 0 Å². The molecule has 0 saturated heterocycles. The second-order valence-electron chi connectivity index (χ2n) is 7.30. The maximum absolute atomic E-state index is 5.90. The molecule has 4 heterocycles. The average Bonchev–Trinajstić information content (AvgIpc) is 3.44. The summed E-state index contributed by atoms with van der Waals surface area (Å²) >= 11 is 0. The lowest BCUT2D eigenvalue weighted by molar-refractivity contribution is 0.619. The molecule has 2 aromatic carbocycles. The molecule has 0 radical (unpaired) electrons. The minimum absolute atomic E-state index is 0.577. The molecule has 0 bridgehead atoms. The molecule has 6 aromatic rings. The van der Waals surface area contributed by atoms with Crippen LogP contribution in [0.2, 0.25) is 0 Å². The molecule has 31 heavy (non-hydrogen) atoms. The molecule has 0 unspecified atom stereocenters. The van der Waals surface area contributed by atoms with Gasteiger partial charge in [-0.25, -0.2) is 9.97 Å². The first kappa shape index (κ1) is 17.5. The number of oxazole rings is 2. The van der Waals surface area contributed by atoms with Crippen molar-refractivity contribution >= 4 is 22.2 Å². The molecule has 0 fully saturated rings. The summed E-state index contributed by atoms with van der Waals surface area (Å²) in [5, 5.41) is 0. The Morgan fingerprint density at radius 3 is 1.87 bits per heavy atom. The van der Waals surface area contributed by atoms with Crippen molar-refractivity contribution < 1.29 is 8.83 Å². The average molecular weight is 404 g/mol. The molecule has 4 aromatic heterocycles. The molecule has 0 aliphatic heterocycles. The minimum Gasteiger partial charge on any atom is -0.436 e. The van der Waals surface area contributed by atoms with Gasteiger partial charge in [0.25, 0.3) is 0 Å². The highest BCUT2D eigenvalue weighted by Gasteiger charge is 2.11. The van der Waals surface area contributed by atoms with E-state index in [-0.39, 0.29) is 0 Å². The van der Waals surface area contributed by atoms with Gasteiger partial charge >= 0.3 is 0 Å². The Balaban J connectivity index is 1.30. The molecular formula is C25H16N4O2. The molecule has 0 aliphatic rings.